The largest absolute Gasteiger partial charge is 0.451 e. The second-order valence-electron chi connectivity index (χ2n) is 7.38. The van der Waals surface area contributed by atoms with Gasteiger partial charge in [-0.25, -0.2) is 4.79 Å². The van der Waals surface area contributed by atoms with Crippen molar-refractivity contribution in [2.45, 2.75) is 33.2 Å². The summed E-state index contributed by atoms with van der Waals surface area (Å²) in [6.45, 7) is 6.55. The molecule has 0 saturated carbocycles. The second-order valence-corrected chi connectivity index (χ2v) is 7.38. The summed E-state index contributed by atoms with van der Waals surface area (Å²) in [7, 11) is 1.47. The van der Waals surface area contributed by atoms with Crippen LogP contribution in [0.5, 0.6) is 0 Å². The lowest BCUT2D eigenvalue weighted by Crippen LogP contribution is -2.46. The first kappa shape index (κ1) is 21.1. The first-order chi connectivity index (χ1) is 13.1. The lowest BCUT2D eigenvalue weighted by molar-refractivity contribution is -0.137. The quantitative estimate of drug-likeness (QED) is 0.744. The molecule has 0 aliphatic rings. The van der Waals surface area contributed by atoms with Crippen molar-refractivity contribution in [1.82, 2.24) is 25.2 Å². The average Bonchev–Trinajstić information content (AvgIpc) is 3.00. The van der Waals surface area contributed by atoms with E-state index in [9.17, 15) is 14.4 Å². The second kappa shape index (κ2) is 8.64. The molecule has 9 nitrogen and oxygen atoms in total. The molecule has 0 bridgehead atoms. The van der Waals surface area contributed by atoms with E-state index in [0.29, 0.717) is 11.4 Å². The molecule has 0 atom stereocenters. The van der Waals surface area contributed by atoms with Crippen LogP contribution >= 0.6 is 0 Å². The van der Waals surface area contributed by atoms with Crippen molar-refractivity contribution in [3.05, 3.63) is 41.7 Å². The Bertz CT molecular complexity index is 855. The number of nitrogens with one attached hydrogen (secondary N) is 1. The van der Waals surface area contributed by atoms with Crippen molar-refractivity contribution in [2.75, 3.05) is 20.2 Å². The molecule has 150 valence electrons. The highest BCUT2D eigenvalue weighted by atomic mass is 16.5. The molecule has 2 aromatic rings. The minimum absolute atomic E-state index is 0.0322. The summed E-state index contributed by atoms with van der Waals surface area (Å²) in [5.74, 6) is -1.54. The standard InChI is InChI=1S/C19H25N5O4/c1-13-17(22-24(21-13)14-9-7-6-8-10-14)18(27)28-12-16(26)23(5)11-15(25)20-19(2,3)4/h6-10H,11-12H2,1-5H3,(H,20,25). The van der Waals surface area contributed by atoms with E-state index in [2.05, 4.69) is 15.5 Å². The molecule has 0 aliphatic carbocycles. The minimum atomic E-state index is -0.749. The lowest BCUT2D eigenvalue weighted by Gasteiger charge is -2.23. The van der Waals surface area contributed by atoms with Gasteiger partial charge in [-0.1, -0.05) is 18.2 Å². The van der Waals surface area contributed by atoms with Gasteiger partial charge in [-0.15, -0.1) is 5.10 Å². The number of carbonyl (C=O) groups excluding carboxylic acids is 3. The molecule has 28 heavy (non-hydrogen) atoms. The smallest absolute Gasteiger partial charge is 0.361 e. The fraction of sp³-hybridized carbons (Fsp3) is 0.421. The highest BCUT2D eigenvalue weighted by Gasteiger charge is 2.21. The molecular formula is C19H25N5O4. The van der Waals surface area contributed by atoms with E-state index < -0.39 is 24.0 Å². The number of benzene rings is 1. The number of aromatic nitrogens is 3. The molecule has 2 amide bonds. The zero-order chi connectivity index (χ0) is 20.9. The van der Waals surface area contributed by atoms with Gasteiger partial charge in [-0.3, -0.25) is 9.59 Å². The molecule has 1 aromatic carbocycles. The summed E-state index contributed by atoms with van der Waals surface area (Å²) >= 11 is 0. The van der Waals surface area contributed by atoms with Crippen molar-refractivity contribution in [3.63, 3.8) is 0 Å². The third kappa shape index (κ3) is 5.90. The molecule has 0 radical (unpaired) electrons. The van der Waals surface area contributed by atoms with E-state index in [1.54, 1.807) is 19.1 Å². The Labute approximate surface area is 163 Å². The molecule has 0 spiro atoms. The van der Waals surface area contributed by atoms with Gasteiger partial charge in [0.05, 0.1) is 17.9 Å². The summed E-state index contributed by atoms with van der Waals surface area (Å²) in [6, 6.07) is 9.12. The Kier molecular flexibility index (Phi) is 6.50. The fourth-order valence-electron chi connectivity index (χ4n) is 2.31. The third-order valence-corrected chi connectivity index (χ3v) is 3.61. The van der Waals surface area contributed by atoms with Gasteiger partial charge in [-0.05, 0) is 39.8 Å². The van der Waals surface area contributed by atoms with Crippen molar-refractivity contribution in [1.29, 1.82) is 0 Å². The van der Waals surface area contributed by atoms with Crippen molar-refractivity contribution < 1.29 is 19.1 Å². The number of likely N-dealkylation sites (N-methyl/N-ethyl adjacent to an activating group) is 1. The molecule has 9 heteroatoms. The Morgan fingerprint density at radius 1 is 1.14 bits per heavy atom. The lowest BCUT2D eigenvalue weighted by atomic mass is 10.1. The Morgan fingerprint density at radius 3 is 2.39 bits per heavy atom. The monoisotopic (exact) mass is 387 g/mol. The summed E-state index contributed by atoms with van der Waals surface area (Å²) in [5, 5.41) is 11.1. The number of carbonyl (C=O) groups is 3. The van der Waals surface area contributed by atoms with Gasteiger partial charge in [0, 0.05) is 12.6 Å². The molecule has 0 saturated heterocycles. The van der Waals surface area contributed by atoms with Gasteiger partial charge < -0.3 is 15.0 Å². The van der Waals surface area contributed by atoms with Crippen molar-refractivity contribution in [2.24, 2.45) is 0 Å². The van der Waals surface area contributed by atoms with E-state index in [1.807, 2.05) is 39.0 Å². The molecule has 0 aliphatic heterocycles. The van der Waals surface area contributed by atoms with Crippen molar-refractivity contribution >= 4 is 17.8 Å². The average molecular weight is 387 g/mol. The molecule has 1 heterocycles. The first-order valence-electron chi connectivity index (χ1n) is 8.78. The van der Waals surface area contributed by atoms with Gasteiger partial charge in [-0.2, -0.15) is 9.90 Å². The number of esters is 1. The Balaban J connectivity index is 1.92. The van der Waals surface area contributed by atoms with Crippen LogP contribution in [0.1, 0.15) is 37.0 Å². The fourth-order valence-corrected chi connectivity index (χ4v) is 2.31. The number of aryl methyl sites for hydroxylation is 1. The van der Waals surface area contributed by atoms with E-state index >= 15 is 0 Å². The van der Waals surface area contributed by atoms with Crippen LogP contribution in [0, 0.1) is 6.92 Å². The van der Waals surface area contributed by atoms with E-state index in [1.165, 1.54) is 16.7 Å². The minimum Gasteiger partial charge on any atom is -0.451 e. The summed E-state index contributed by atoms with van der Waals surface area (Å²) in [6.07, 6.45) is 0. The predicted molar refractivity (Wildman–Crippen MR) is 102 cm³/mol. The Hall–Kier alpha value is -3.23. The van der Waals surface area contributed by atoms with Crippen LogP contribution < -0.4 is 5.32 Å². The van der Waals surface area contributed by atoms with Gasteiger partial charge in [0.1, 0.15) is 0 Å². The van der Waals surface area contributed by atoms with E-state index in [-0.39, 0.29) is 18.1 Å². The maximum atomic E-state index is 12.3. The van der Waals surface area contributed by atoms with Crippen LogP contribution in [0.3, 0.4) is 0 Å². The van der Waals surface area contributed by atoms with Crippen LogP contribution in [-0.4, -0.2) is 63.4 Å². The molecule has 0 fully saturated rings. The number of para-hydroxylation sites is 1. The normalized spacial score (nSPS) is 11.0. The van der Waals surface area contributed by atoms with E-state index in [0.717, 1.165) is 0 Å². The molecule has 1 N–H and O–H groups in total. The van der Waals surface area contributed by atoms with Crippen molar-refractivity contribution in [3.8, 4) is 5.69 Å². The predicted octanol–water partition coefficient (Wildman–Crippen LogP) is 1.11. The number of hydrogen-bond acceptors (Lipinski definition) is 6. The highest BCUT2D eigenvalue weighted by Crippen LogP contribution is 2.09. The number of hydrogen-bond donors (Lipinski definition) is 1. The molecular weight excluding hydrogens is 362 g/mol. The zero-order valence-electron chi connectivity index (χ0n) is 16.7. The van der Waals surface area contributed by atoms with Crippen LogP contribution in [0.2, 0.25) is 0 Å². The van der Waals surface area contributed by atoms with Crippen LogP contribution in [0.4, 0.5) is 0 Å². The number of ether oxygens (including phenoxy) is 1. The zero-order valence-corrected chi connectivity index (χ0v) is 16.7. The maximum absolute atomic E-state index is 12.3. The van der Waals surface area contributed by atoms with Crippen LogP contribution in [0.25, 0.3) is 5.69 Å². The maximum Gasteiger partial charge on any atom is 0.361 e. The number of nitrogens with zero attached hydrogens (tertiary/aromatic N) is 4. The number of amides is 2. The SMILES string of the molecule is Cc1nn(-c2ccccc2)nc1C(=O)OCC(=O)N(C)CC(=O)NC(C)(C)C. The first-order valence-corrected chi connectivity index (χ1v) is 8.78. The summed E-state index contributed by atoms with van der Waals surface area (Å²) in [5.41, 5.74) is 0.726. The Morgan fingerprint density at radius 2 is 1.79 bits per heavy atom. The van der Waals surface area contributed by atoms with Crippen LogP contribution in [0.15, 0.2) is 30.3 Å². The summed E-state index contributed by atoms with van der Waals surface area (Å²) in [4.78, 5) is 38.8. The van der Waals surface area contributed by atoms with Gasteiger partial charge in [0.25, 0.3) is 5.91 Å². The van der Waals surface area contributed by atoms with E-state index in [4.69, 9.17) is 4.74 Å². The summed E-state index contributed by atoms with van der Waals surface area (Å²) < 4.78 is 5.05. The highest BCUT2D eigenvalue weighted by molar-refractivity contribution is 5.91. The number of rotatable bonds is 6. The molecule has 0 unspecified atom stereocenters. The van der Waals surface area contributed by atoms with Crippen LogP contribution in [-0.2, 0) is 14.3 Å². The third-order valence-electron chi connectivity index (χ3n) is 3.61. The van der Waals surface area contributed by atoms with Gasteiger partial charge in [0.2, 0.25) is 5.91 Å². The van der Waals surface area contributed by atoms with Gasteiger partial charge >= 0.3 is 5.97 Å². The van der Waals surface area contributed by atoms with Gasteiger partial charge in [0.15, 0.2) is 12.3 Å². The molecule has 2 rings (SSSR count). The topological polar surface area (TPSA) is 106 Å². The molecule has 1 aromatic heterocycles.